The van der Waals surface area contributed by atoms with Crippen molar-refractivity contribution in [3.8, 4) is 0 Å². The van der Waals surface area contributed by atoms with E-state index < -0.39 is 17.6 Å². The fourth-order valence-corrected chi connectivity index (χ4v) is 2.23. The molecule has 0 radical (unpaired) electrons. The van der Waals surface area contributed by atoms with Gasteiger partial charge in [-0.15, -0.1) is 0 Å². The highest BCUT2D eigenvalue weighted by Crippen LogP contribution is 2.12. The zero-order valence-corrected chi connectivity index (χ0v) is 15.9. The number of halogens is 1. The van der Waals surface area contributed by atoms with Crippen molar-refractivity contribution in [3.05, 3.63) is 46.5 Å². The first-order valence-electron chi connectivity index (χ1n) is 7.84. The Labute approximate surface area is 151 Å². The number of carbonyl (C=O) groups is 2. The number of hydrogen-bond acceptors (Lipinski definition) is 3. The molecule has 0 aromatic heterocycles. The molecule has 0 spiro atoms. The number of nitrogens with two attached hydrogens (primary N) is 1. The van der Waals surface area contributed by atoms with Gasteiger partial charge >= 0.3 is 6.09 Å². The number of alkyl carbamates (subject to hydrolysis) is 1. The van der Waals surface area contributed by atoms with E-state index in [-0.39, 0.29) is 12.5 Å². The number of allylic oxidation sites excluding steroid dienone is 1. The van der Waals surface area contributed by atoms with Crippen LogP contribution in [0.5, 0.6) is 0 Å². The fourth-order valence-electron chi connectivity index (χ4n) is 1.96. The molecule has 2 amide bonds. The molecule has 1 aromatic carbocycles. The predicted octanol–water partition coefficient (Wildman–Crippen LogP) is 3.71. The first-order chi connectivity index (χ1) is 11.2. The van der Waals surface area contributed by atoms with Gasteiger partial charge in [0, 0.05) is 10.9 Å². The van der Waals surface area contributed by atoms with E-state index in [1.54, 1.807) is 20.8 Å². The van der Waals surface area contributed by atoms with Gasteiger partial charge in [-0.3, -0.25) is 4.79 Å². The zero-order chi connectivity index (χ0) is 18.2. The number of nitrogens with one attached hydrogen (secondary N) is 1. The van der Waals surface area contributed by atoms with E-state index in [1.165, 1.54) is 0 Å². The van der Waals surface area contributed by atoms with Gasteiger partial charge in [-0.05, 0) is 51.3 Å². The van der Waals surface area contributed by atoms with Crippen molar-refractivity contribution in [1.29, 1.82) is 0 Å². The van der Waals surface area contributed by atoms with E-state index in [0.29, 0.717) is 6.42 Å². The largest absolute Gasteiger partial charge is 0.444 e. The first kappa shape index (κ1) is 20.2. The topological polar surface area (TPSA) is 81.4 Å². The Morgan fingerprint density at radius 1 is 1.29 bits per heavy atom. The summed E-state index contributed by atoms with van der Waals surface area (Å²) in [4.78, 5) is 22.9. The summed E-state index contributed by atoms with van der Waals surface area (Å²) in [5, 5.41) is 2.76. The molecule has 0 aliphatic carbocycles. The van der Waals surface area contributed by atoms with Crippen LogP contribution in [0.4, 0.5) is 4.79 Å². The molecule has 5 nitrogen and oxygen atoms in total. The summed E-state index contributed by atoms with van der Waals surface area (Å²) in [6.07, 6.45) is 4.69. The summed E-state index contributed by atoms with van der Waals surface area (Å²) in [6, 6.07) is 7.70. The Bertz CT molecular complexity index is 577. The van der Waals surface area contributed by atoms with E-state index in [0.717, 1.165) is 16.5 Å². The van der Waals surface area contributed by atoms with Crippen molar-refractivity contribution in [3.63, 3.8) is 0 Å². The lowest BCUT2D eigenvalue weighted by atomic mass is 10.1. The van der Waals surface area contributed by atoms with Gasteiger partial charge in [0.15, 0.2) is 0 Å². The molecular weight excluding hydrogens is 372 g/mol. The summed E-state index contributed by atoms with van der Waals surface area (Å²) < 4.78 is 6.28. The van der Waals surface area contributed by atoms with Crippen LogP contribution in [0.1, 0.15) is 39.2 Å². The maximum absolute atomic E-state index is 11.9. The van der Waals surface area contributed by atoms with Crippen molar-refractivity contribution in [2.75, 3.05) is 0 Å². The van der Waals surface area contributed by atoms with Gasteiger partial charge < -0.3 is 15.8 Å². The molecular formula is C18H25BrN2O3. The molecule has 24 heavy (non-hydrogen) atoms. The third-order valence-electron chi connectivity index (χ3n) is 3.04. The fraction of sp³-hybridized carbons (Fsp3) is 0.444. The molecule has 132 valence electrons. The van der Waals surface area contributed by atoms with E-state index >= 15 is 0 Å². The van der Waals surface area contributed by atoms with Gasteiger partial charge in [-0.2, -0.15) is 0 Å². The maximum atomic E-state index is 11.9. The number of carbonyl (C=O) groups excluding carboxylic acids is 2. The van der Waals surface area contributed by atoms with Gasteiger partial charge in [0.05, 0.1) is 6.04 Å². The highest BCUT2D eigenvalue weighted by Gasteiger charge is 2.18. The highest BCUT2D eigenvalue weighted by atomic mass is 79.9. The van der Waals surface area contributed by atoms with Gasteiger partial charge in [0.2, 0.25) is 5.91 Å². The third kappa shape index (κ3) is 9.35. The van der Waals surface area contributed by atoms with Crippen LogP contribution in [0, 0.1) is 0 Å². The molecule has 0 bridgehead atoms. The van der Waals surface area contributed by atoms with E-state index in [1.807, 2.05) is 36.4 Å². The van der Waals surface area contributed by atoms with Crippen LogP contribution in [0.25, 0.3) is 0 Å². The Morgan fingerprint density at radius 2 is 1.92 bits per heavy atom. The van der Waals surface area contributed by atoms with Gasteiger partial charge in [-0.25, -0.2) is 4.79 Å². The molecule has 0 saturated heterocycles. The lowest BCUT2D eigenvalue weighted by Crippen LogP contribution is -2.38. The summed E-state index contributed by atoms with van der Waals surface area (Å²) in [5.41, 5.74) is 5.78. The molecule has 1 rings (SSSR count). The lowest BCUT2D eigenvalue weighted by molar-refractivity contribution is -0.118. The highest BCUT2D eigenvalue weighted by molar-refractivity contribution is 9.10. The first-order valence-corrected chi connectivity index (χ1v) is 8.64. The minimum atomic E-state index is -0.570. The van der Waals surface area contributed by atoms with E-state index in [2.05, 4.69) is 21.2 Å². The van der Waals surface area contributed by atoms with Crippen molar-refractivity contribution in [2.24, 2.45) is 5.73 Å². The standard InChI is InChI=1S/C18H25BrN2O3/c1-18(2,3)24-17(23)21-15(11-12-16(20)22)6-4-5-13-7-9-14(19)10-8-13/h4,6-10,15H,5,11-12H2,1-3H3,(H2,20,22)(H,21,23)/b6-4+/t15-/m1/s1. The number of hydrogen-bond donors (Lipinski definition) is 2. The van der Waals surface area contributed by atoms with Crippen LogP contribution in [0.3, 0.4) is 0 Å². The molecule has 0 aliphatic rings. The van der Waals surface area contributed by atoms with E-state index in [9.17, 15) is 9.59 Å². The quantitative estimate of drug-likeness (QED) is 0.689. The second-order valence-electron chi connectivity index (χ2n) is 6.52. The number of ether oxygens (including phenoxy) is 1. The molecule has 0 heterocycles. The van der Waals surface area contributed by atoms with Crippen LogP contribution < -0.4 is 11.1 Å². The molecule has 6 heteroatoms. The minimum absolute atomic E-state index is 0.198. The molecule has 0 aliphatic heterocycles. The van der Waals surface area contributed by atoms with Gasteiger partial charge in [-0.1, -0.05) is 40.2 Å². The Balaban J connectivity index is 2.63. The van der Waals surface area contributed by atoms with E-state index in [4.69, 9.17) is 10.5 Å². The van der Waals surface area contributed by atoms with Crippen molar-refractivity contribution >= 4 is 27.9 Å². The summed E-state index contributed by atoms with van der Waals surface area (Å²) in [5.74, 6) is -0.396. The monoisotopic (exact) mass is 396 g/mol. The molecule has 0 saturated carbocycles. The average molecular weight is 397 g/mol. The Morgan fingerprint density at radius 3 is 2.46 bits per heavy atom. The van der Waals surface area contributed by atoms with Crippen LogP contribution in [-0.2, 0) is 16.0 Å². The zero-order valence-electron chi connectivity index (χ0n) is 14.3. The minimum Gasteiger partial charge on any atom is -0.444 e. The number of amides is 2. The van der Waals surface area contributed by atoms with Crippen LogP contribution in [-0.4, -0.2) is 23.6 Å². The second-order valence-corrected chi connectivity index (χ2v) is 7.43. The molecule has 0 unspecified atom stereocenters. The van der Waals surface area contributed by atoms with Crippen molar-refractivity contribution in [1.82, 2.24) is 5.32 Å². The number of primary amides is 1. The van der Waals surface area contributed by atoms with Gasteiger partial charge in [0.1, 0.15) is 5.60 Å². The second kappa shape index (κ2) is 9.47. The Hall–Kier alpha value is -1.82. The van der Waals surface area contributed by atoms with Crippen LogP contribution in [0.15, 0.2) is 40.9 Å². The normalized spacial score (nSPS) is 12.8. The lowest BCUT2D eigenvalue weighted by Gasteiger charge is -2.22. The van der Waals surface area contributed by atoms with Crippen molar-refractivity contribution < 1.29 is 14.3 Å². The summed E-state index contributed by atoms with van der Waals surface area (Å²) in [6.45, 7) is 5.40. The summed E-state index contributed by atoms with van der Waals surface area (Å²) >= 11 is 3.40. The molecule has 0 fully saturated rings. The number of rotatable bonds is 7. The third-order valence-corrected chi connectivity index (χ3v) is 3.57. The SMILES string of the molecule is CC(C)(C)OC(=O)N[C@H](/C=C/Cc1ccc(Br)cc1)CCC(N)=O. The maximum Gasteiger partial charge on any atom is 0.408 e. The Kier molecular flexibility index (Phi) is 7.98. The predicted molar refractivity (Wildman–Crippen MR) is 98.6 cm³/mol. The molecule has 1 atom stereocenters. The number of benzene rings is 1. The molecule has 3 N–H and O–H groups in total. The van der Waals surface area contributed by atoms with Gasteiger partial charge in [0.25, 0.3) is 0 Å². The average Bonchev–Trinajstić information content (AvgIpc) is 2.44. The van der Waals surface area contributed by atoms with Crippen LogP contribution in [0.2, 0.25) is 0 Å². The van der Waals surface area contributed by atoms with Crippen LogP contribution >= 0.6 is 15.9 Å². The van der Waals surface area contributed by atoms with Crippen molar-refractivity contribution in [2.45, 2.75) is 51.7 Å². The summed E-state index contributed by atoms with van der Waals surface area (Å²) in [7, 11) is 0. The smallest absolute Gasteiger partial charge is 0.408 e. The molecule has 1 aromatic rings.